The molecule has 0 aromatic carbocycles. The Morgan fingerprint density at radius 2 is 1.86 bits per heavy atom. The van der Waals surface area contributed by atoms with Gasteiger partial charge in [-0.1, -0.05) is 0 Å². The molecule has 1 unspecified atom stereocenters. The van der Waals surface area contributed by atoms with Crippen molar-refractivity contribution in [3.05, 3.63) is 5.82 Å². The molecule has 0 saturated carbocycles. The van der Waals surface area contributed by atoms with Gasteiger partial charge in [-0.3, -0.25) is 0 Å². The second-order valence-electron chi connectivity index (χ2n) is 6.74. The first-order chi connectivity index (χ1) is 13.6. The summed E-state index contributed by atoms with van der Waals surface area (Å²) in [6, 6.07) is 2.02. The first-order valence-electron chi connectivity index (χ1n) is 9.84. The summed E-state index contributed by atoms with van der Waals surface area (Å²) in [5, 5.41) is 9.33. The van der Waals surface area contributed by atoms with Crippen LogP contribution in [0.3, 0.4) is 0 Å². The predicted molar refractivity (Wildman–Crippen MR) is 102 cm³/mol. The Morgan fingerprint density at radius 3 is 2.50 bits per heavy atom. The molecular weight excluding hydrogens is 362 g/mol. The van der Waals surface area contributed by atoms with Crippen LogP contribution in [0.25, 0.3) is 0 Å². The van der Waals surface area contributed by atoms with E-state index >= 15 is 0 Å². The fraction of sp³-hybridized carbons (Fsp3) is 0.722. The standard InChI is InChI=1S/C18H27N7O3/c1-3-23(4-2)18(26)28-14-6-5-7-25(13-14)17-21-15(12-19)20-16(22-17)24-8-10-27-11-9-24/h14H,3-11,13H2,1-2H3. The lowest BCUT2D eigenvalue weighted by atomic mass is 10.1. The number of nitrogens with zero attached hydrogens (tertiary/aromatic N) is 7. The van der Waals surface area contributed by atoms with Crippen LogP contribution in [0.1, 0.15) is 32.5 Å². The van der Waals surface area contributed by atoms with E-state index < -0.39 is 0 Å². The van der Waals surface area contributed by atoms with Crippen molar-refractivity contribution >= 4 is 18.0 Å². The molecule has 2 aliphatic heterocycles. The maximum atomic E-state index is 12.3. The Labute approximate surface area is 165 Å². The van der Waals surface area contributed by atoms with Crippen molar-refractivity contribution in [3.8, 4) is 6.07 Å². The molecule has 2 fully saturated rings. The summed E-state index contributed by atoms with van der Waals surface area (Å²) in [6.45, 7) is 8.92. The van der Waals surface area contributed by atoms with Crippen LogP contribution < -0.4 is 9.80 Å². The zero-order valence-electron chi connectivity index (χ0n) is 16.5. The van der Waals surface area contributed by atoms with Crippen LogP contribution in [0.4, 0.5) is 16.7 Å². The molecule has 0 N–H and O–H groups in total. The second kappa shape index (κ2) is 9.50. The van der Waals surface area contributed by atoms with Crippen LogP contribution in [-0.2, 0) is 9.47 Å². The van der Waals surface area contributed by atoms with Gasteiger partial charge in [-0.05, 0) is 26.7 Å². The van der Waals surface area contributed by atoms with Gasteiger partial charge in [0, 0.05) is 32.7 Å². The number of hydrogen-bond acceptors (Lipinski definition) is 9. The largest absolute Gasteiger partial charge is 0.444 e. The van der Waals surface area contributed by atoms with Crippen molar-refractivity contribution in [2.75, 3.05) is 62.3 Å². The molecule has 0 aliphatic carbocycles. The molecule has 1 atom stereocenters. The number of amides is 1. The summed E-state index contributed by atoms with van der Waals surface area (Å²) >= 11 is 0. The van der Waals surface area contributed by atoms with Gasteiger partial charge in [0.1, 0.15) is 12.2 Å². The number of carbonyl (C=O) groups excluding carboxylic acids is 1. The highest BCUT2D eigenvalue weighted by Gasteiger charge is 2.27. The first kappa shape index (κ1) is 20.1. The Morgan fingerprint density at radius 1 is 1.18 bits per heavy atom. The normalized spacial score (nSPS) is 19.8. The Balaban J connectivity index is 1.73. The molecular formula is C18H27N7O3. The van der Waals surface area contributed by atoms with Gasteiger partial charge in [0.25, 0.3) is 0 Å². The molecule has 0 bridgehead atoms. The van der Waals surface area contributed by atoms with Crippen molar-refractivity contribution in [2.24, 2.45) is 0 Å². The maximum Gasteiger partial charge on any atom is 0.410 e. The second-order valence-corrected chi connectivity index (χ2v) is 6.74. The first-order valence-corrected chi connectivity index (χ1v) is 9.84. The molecule has 2 aliphatic rings. The Hall–Kier alpha value is -2.67. The van der Waals surface area contributed by atoms with Gasteiger partial charge in [-0.15, -0.1) is 0 Å². The highest BCUT2D eigenvalue weighted by Crippen LogP contribution is 2.21. The molecule has 3 rings (SSSR count). The van der Waals surface area contributed by atoms with Crippen molar-refractivity contribution in [3.63, 3.8) is 0 Å². The highest BCUT2D eigenvalue weighted by atomic mass is 16.6. The van der Waals surface area contributed by atoms with Crippen molar-refractivity contribution in [1.29, 1.82) is 5.26 Å². The van der Waals surface area contributed by atoms with Crippen molar-refractivity contribution in [1.82, 2.24) is 19.9 Å². The SMILES string of the molecule is CCN(CC)C(=O)OC1CCCN(c2nc(C#N)nc(N3CCOCC3)n2)C1. The van der Waals surface area contributed by atoms with Crippen molar-refractivity contribution < 1.29 is 14.3 Å². The quantitative estimate of drug-likeness (QED) is 0.729. The fourth-order valence-electron chi connectivity index (χ4n) is 3.37. The summed E-state index contributed by atoms with van der Waals surface area (Å²) in [4.78, 5) is 31.0. The number of ether oxygens (including phenoxy) is 2. The summed E-state index contributed by atoms with van der Waals surface area (Å²) < 4.78 is 11.0. The van der Waals surface area contributed by atoms with E-state index in [1.54, 1.807) is 4.90 Å². The van der Waals surface area contributed by atoms with Gasteiger partial charge in [0.2, 0.25) is 17.7 Å². The molecule has 3 heterocycles. The van der Waals surface area contributed by atoms with Crippen LogP contribution in [0.2, 0.25) is 0 Å². The lowest BCUT2D eigenvalue weighted by Crippen LogP contribution is -2.44. The molecule has 1 amide bonds. The van der Waals surface area contributed by atoms with E-state index in [-0.39, 0.29) is 18.0 Å². The fourth-order valence-corrected chi connectivity index (χ4v) is 3.37. The molecule has 2 saturated heterocycles. The molecule has 10 heteroatoms. The van der Waals surface area contributed by atoms with Gasteiger partial charge in [-0.2, -0.15) is 20.2 Å². The van der Waals surface area contributed by atoms with Crippen LogP contribution in [-0.4, -0.2) is 84.5 Å². The van der Waals surface area contributed by atoms with Crippen LogP contribution in [0.15, 0.2) is 0 Å². The zero-order valence-corrected chi connectivity index (χ0v) is 16.5. The topological polar surface area (TPSA) is 108 Å². The maximum absolute atomic E-state index is 12.3. The number of hydrogen-bond donors (Lipinski definition) is 0. The molecule has 1 aromatic heterocycles. The van der Waals surface area contributed by atoms with Crippen LogP contribution in [0.5, 0.6) is 0 Å². The highest BCUT2D eigenvalue weighted by molar-refractivity contribution is 5.67. The summed E-state index contributed by atoms with van der Waals surface area (Å²) in [6.07, 6.45) is 1.14. The van der Waals surface area contributed by atoms with Crippen LogP contribution >= 0.6 is 0 Å². The van der Waals surface area contributed by atoms with E-state index in [2.05, 4.69) is 15.0 Å². The third-order valence-corrected chi connectivity index (χ3v) is 4.96. The van der Waals surface area contributed by atoms with Gasteiger partial charge < -0.3 is 24.2 Å². The van der Waals surface area contributed by atoms with E-state index in [0.717, 1.165) is 19.4 Å². The third-order valence-electron chi connectivity index (χ3n) is 4.96. The van der Waals surface area contributed by atoms with E-state index in [0.29, 0.717) is 57.8 Å². The lowest BCUT2D eigenvalue weighted by molar-refractivity contribution is 0.0583. The molecule has 10 nitrogen and oxygen atoms in total. The van der Waals surface area contributed by atoms with Crippen LogP contribution in [0, 0.1) is 11.3 Å². The zero-order chi connectivity index (χ0) is 19.9. The molecule has 152 valence electrons. The predicted octanol–water partition coefficient (Wildman–Crippen LogP) is 1.03. The molecule has 0 spiro atoms. The monoisotopic (exact) mass is 389 g/mol. The average molecular weight is 389 g/mol. The van der Waals surface area contributed by atoms with Crippen molar-refractivity contribution in [2.45, 2.75) is 32.8 Å². The summed E-state index contributed by atoms with van der Waals surface area (Å²) in [5.41, 5.74) is 0. The summed E-state index contributed by atoms with van der Waals surface area (Å²) in [7, 11) is 0. The number of morpholine rings is 1. The minimum atomic E-state index is -0.292. The number of aromatic nitrogens is 3. The number of piperidine rings is 1. The number of rotatable bonds is 5. The Bertz CT molecular complexity index is 714. The number of carbonyl (C=O) groups is 1. The third kappa shape index (κ3) is 4.78. The van der Waals surface area contributed by atoms with Gasteiger partial charge in [0.05, 0.1) is 19.8 Å². The molecule has 1 aromatic rings. The van der Waals surface area contributed by atoms with Gasteiger partial charge in [-0.25, -0.2) is 4.79 Å². The Kier molecular flexibility index (Phi) is 6.81. The van der Waals surface area contributed by atoms with Gasteiger partial charge in [0.15, 0.2) is 0 Å². The van der Waals surface area contributed by atoms with E-state index in [4.69, 9.17) is 9.47 Å². The van der Waals surface area contributed by atoms with Gasteiger partial charge >= 0.3 is 6.09 Å². The van der Waals surface area contributed by atoms with E-state index in [9.17, 15) is 10.1 Å². The minimum Gasteiger partial charge on any atom is -0.444 e. The molecule has 28 heavy (non-hydrogen) atoms. The summed E-state index contributed by atoms with van der Waals surface area (Å²) in [5.74, 6) is 1.04. The van der Waals surface area contributed by atoms with E-state index in [1.807, 2.05) is 29.7 Å². The smallest absolute Gasteiger partial charge is 0.410 e. The van der Waals surface area contributed by atoms with E-state index in [1.165, 1.54) is 0 Å². The average Bonchev–Trinajstić information content (AvgIpc) is 2.75. The number of anilines is 2. The molecule has 0 radical (unpaired) electrons. The lowest BCUT2D eigenvalue weighted by Gasteiger charge is -2.34. The number of nitriles is 1. The minimum absolute atomic E-state index is 0.0914.